The Morgan fingerprint density at radius 2 is 1.95 bits per heavy atom. The maximum absolute atomic E-state index is 13.3. The highest BCUT2D eigenvalue weighted by Gasteiger charge is 2.34. The van der Waals surface area contributed by atoms with E-state index in [2.05, 4.69) is 4.98 Å². The highest BCUT2D eigenvalue weighted by atomic mass is 19.3. The summed E-state index contributed by atoms with van der Waals surface area (Å²) in [6.07, 6.45) is 3.00. The van der Waals surface area contributed by atoms with Crippen molar-refractivity contribution in [1.29, 1.82) is 0 Å². The second-order valence-corrected chi connectivity index (χ2v) is 5.30. The molecule has 1 amide bonds. The van der Waals surface area contributed by atoms with E-state index in [-0.39, 0.29) is 25.9 Å². The summed E-state index contributed by atoms with van der Waals surface area (Å²) in [5.41, 5.74) is 6.47. The molecular formula is C15H15F2N3O. The molecule has 1 aliphatic heterocycles. The Labute approximate surface area is 120 Å². The SMILES string of the molecule is NC(=O)c1ccc2cncc(N3CCC(F)(F)CC3)c2c1. The van der Waals surface area contributed by atoms with Gasteiger partial charge in [0.2, 0.25) is 5.91 Å². The monoisotopic (exact) mass is 291 g/mol. The lowest BCUT2D eigenvalue weighted by Crippen LogP contribution is -2.39. The molecule has 1 aromatic heterocycles. The Balaban J connectivity index is 2.02. The minimum atomic E-state index is -2.59. The second-order valence-electron chi connectivity index (χ2n) is 5.30. The van der Waals surface area contributed by atoms with Crippen molar-refractivity contribution in [2.24, 2.45) is 5.73 Å². The Kier molecular flexibility index (Phi) is 3.23. The van der Waals surface area contributed by atoms with Gasteiger partial charge in [0.15, 0.2) is 0 Å². The summed E-state index contributed by atoms with van der Waals surface area (Å²) in [5, 5.41) is 1.67. The van der Waals surface area contributed by atoms with Crippen LogP contribution in [0.15, 0.2) is 30.6 Å². The number of amides is 1. The number of rotatable bonds is 2. The fourth-order valence-electron chi connectivity index (χ4n) is 2.63. The first-order chi connectivity index (χ1) is 9.96. The van der Waals surface area contributed by atoms with Gasteiger partial charge in [0, 0.05) is 48.5 Å². The molecule has 1 aromatic carbocycles. The molecule has 3 rings (SSSR count). The smallest absolute Gasteiger partial charge is 0.251 e. The maximum atomic E-state index is 13.3. The Bertz CT molecular complexity index is 692. The van der Waals surface area contributed by atoms with E-state index in [0.717, 1.165) is 16.5 Å². The number of fused-ring (bicyclic) bond motifs is 1. The molecule has 0 atom stereocenters. The van der Waals surface area contributed by atoms with E-state index in [4.69, 9.17) is 5.73 Å². The molecule has 21 heavy (non-hydrogen) atoms. The first kappa shape index (κ1) is 13.7. The summed E-state index contributed by atoms with van der Waals surface area (Å²) in [6, 6.07) is 5.10. The molecule has 1 aliphatic rings. The number of nitrogens with zero attached hydrogens (tertiary/aromatic N) is 2. The number of carbonyl (C=O) groups is 1. The highest BCUT2D eigenvalue weighted by Crippen LogP contribution is 2.33. The number of pyridine rings is 1. The molecule has 0 aliphatic carbocycles. The van der Waals surface area contributed by atoms with Crippen molar-refractivity contribution in [3.8, 4) is 0 Å². The Morgan fingerprint density at radius 1 is 1.24 bits per heavy atom. The van der Waals surface area contributed by atoms with Crippen LogP contribution < -0.4 is 10.6 Å². The maximum Gasteiger partial charge on any atom is 0.251 e. The van der Waals surface area contributed by atoms with Crippen molar-refractivity contribution in [3.63, 3.8) is 0 Å². The zero-order chi connectivity index (χ0) is 15.0. The van der Waals surface area contributed by atoms with Gasteiger partial charge in [-0.3, -0.25) is 9.78 Å². The van der Waals surface area contributed by atoms with Gasteiger partial charge in [0.1, 0.15) is 0 Å². The molecular weight excluding hydrogens is 276 g/mol. The van der Waals surface area contributed by atoms with Gasteiger partial charge in [-0.05, 0) is 12.1 Å². The van der Waals surface area contributed by atoms with Crippen LogP contribution in [0.2, 0.25) is 0 Å². The van der Waals surface area contributed by atoms with Crippen LogP contribution in [0.4, 0.5) is 14.5 Å². The number of hydrogen-bond acceptors (Lipinski definition) is 3. The number of anilines is 1. The number of piperidine rings is 1. The molecule has 0 bridgehead atoms. The molecule has 2 aromatic rings. The first-order valence-electron chi connectivity index (χ1n) is 6.77. The van der Waals surface area contributed by atoms with Gasteiger partial charge in [0.05, 0.1) is 11.9 Å². The largest absolute Gasteiger partial charge is 0.369 e. The summed E-state index contributed by atoms with van der Waals surface area (Å²) >= 11 is 0. The second kappa shape index (κ2) is 4.95. The summed E-state index contributed by atoms with van der Waals surface area (Å²) < 4.78 is 26.5. The zero-order valence-electron chi connectivity index (χ0n) is 11.4. The van der Waals surface area contributed by atoms with Crippen molar-refractivity contribution in [2.75, 3.05) is 18.0 Å². The van der Waals surface area contributed by atoms with Crippen molar-refractivity contribution < 1.29 is 13.6 Å². The van der Waals surface area contributed by atoms with Gasteiger partial charge in [0.25, 0.3) is 5.92 Å². The van der Waals surface area contributed by atoms with E-state index in [1.165, 1.54) is 0 Å². The molecule has 110 valence electrons. The van der Waals surface area contributed by atoms with Crippen molar-refractivity contribution >= 4 is 22.4 Å². The molecule has 0 spiro atoms. The predicted octanol–water partition coefficient (Wildman–Crippen LogP) is 2.57. The lowest BCUT2D eigenvalue weighted by atomic mass is 10.0. The average molecular weight is 291 g/mol. The van der Waals surface area contributed by atoms with Gasteiger partial charge in [-0.2, -0.15) is 0 Å². The van der Waals surface area contributed by atoms with E-state index in [0.29, 0.717) is 5.56 Å². The van der Waals surface area contributed by atoms with Crippen molar-refractivity contribution in [2.45, 2.75) is 18.8 Å². The lowest BCUT2D eigenvalue weighted by molar-refractivity contribution is -0.0220. The van der Waals surface area contributed by atoms with E-state index < -0.39 is 11.8 Å². The number of carbonyl (C=O) groups excluding carboxylic acids is 1. The zero-order valence-corrected chi connectivity index (χ0v) is 11.4. The molecule has 2 N–H and O–H groups in total. The minimum Gasteiger partial charge on any atom is -0.369 e. The summed E-state index contributed by atoms with van der Waals surface area (Å²) in [5.74, 6) is -3.10. The normalized spacial score (nSPS) is 17.9. The van der Waals surface area contributed by atoms with Gasteiger partial charge >= 0.3 is 0 Å². The molecule has 2 heterocycles. The van der Waals surface area contributed by atoms with Crippen LogP contribution in [0.3, 0.4) is 0 Å². The van der Waals surface area contributed by atoms with Crippen LogP contribution in [0.25, 0.3) is 10.8 Å². The summed E-state index contributed by atoms with van der Waals surface area (Å²) in [7, 11) is 0. The Hall–Kier alpha value is -2.24. The quantitative estimate of drug-likeness (QED) is 0.925. The number of benzene rings is 1. The van der Waals surface area contributed by atoms with Crippen LogP contribution in [-0.4, -0.2) is 29.9 Å². The number of primary amides is 1. The molecule has 0 saturated carbocycles. The van der Waals surface area contributed by atoms with Gasteiger partial charge in [-0.25, -0.2) is 8.78 Å². The third kappa shape index (κ3) is 2.66. The number of halogens is 2. The van der Waals surface area contributed by atoms with Gasteiger partial charge < -0.3 is 10.6 Å². The average Bonchev–Trinajstić information content (AvgIpc) is 2.46. The minimum absolute atomic E-state index is 0.168. The number of aromatic nitrogens is 1. The molecule has 4 nitrogen and oxygen atoms in total. The lowest BCUT2D eigenvalue weighted by Gasteiger charge is -2.33. The number of nitrogens with two attached hydrogens (primary N) is 1. The van der Waals surface area contributed by atoms with Gasteiger partial charge in [-0.15, -0.1) is 0 Å². The van der Waals surface area contributed by atoms with Crippen LogP contribution >= 0.6 is 0 Å². The molecule has 0 unspecified atom stereocenters. The van der Waals surface area contributed by atoms with Crippen LogP contribution in [-0.2, 0) is 0 Å². The van der Waals surface area contributed by atoms with Crippen LogP contribution in [0, 0.1) is 0 Å². The van der Waals surface area contributed by atoms with Crippen LogP contribution in [0.1, 0.15) is 23.2 Å². The van der Waals surface area contributed by atoms with E-state index in [1.54, 1.807) is 30.6 Å². The Morgan fingerprint density at radius 3 is 2.62 bits per heavy atom. The number of hydrogen-bond donors (Lipinski definition) is 1. The fraction of sp³-hybridized carbons (Fsp3) is 0.333. The third-order valence-corrected chi connectivity index (χ3v) is 3.86. The molecule has 1 saturated heterocycles. The number of alkyl halides is 2. The fourth-order valence-corrected chi connectivity index (χ4v) is 2.63. The molecule has 0 radical (unpaired) electrons. The third-order valence-electron chi connectivity index (χ3n) is 3.86. The van der Waals surface area contributed by atoms with Crippen molar-refractivity contribution in [3.05, 3.63) is 36.2 Å². The standard InChI is InChI=1S/C15H15F2N3O/c16-15(17)3-5-20(6-4-15)13-9-19-8-11-2-1-10(14(18)21)7-12(11)13/h1-2,7-9H,3-6H2,(H2,18,21). The first-order valence-corrected chi connectivity index (χ1v) is 6.77. The summed E-state index contributed by atoms with van der Waals surface area (Å²) in [4.78, 5) is 17.4. The predicted molar refractivity (Wildman–Crippen MR) is 76.7 cm³/mol. The van der Waals surface area contributed by atoms with Crippen LogP contribution in [0.5, 0.6) is 0 Å². The van der Waals surface area contributed by atoms with E-state index in [1.807, 2.05) is 4.90 Å². The topological polar surface area (TPSA) is 59.2 Å². The van der Waals surface area contributed by atoms with Gasteiger partial charge in [-0.1, -0.05) is 6.07 Å². The molecule has 6 heteroatoms. The van der Waals surface area contributed by atoms with E-state index in [9.17, 15) is 13.6 Å². The van der Waals surface area contributed by atoms with E-state index >= 15 is 0 Å². The summed E-state index contributed by atoms with van der Waals surface area (Å²) in [6.45, 7) is 0.545. The molecule has 1 fully saturated rings. The van der Waals surface area contributed by atoms with Crippen molar-refractivity contribution in [1.82, 2.24) is 4.98 Å². The highest BCUT2D eigenvalue weighted by molar-refractivity contribution is 6.01.